The number of urea groups is 1. The molecule has 94 valence electrons. The van der Waals surface area contributed by atoms with Crippen LogP contribution in [0.3, 0.4) is 0 Å². The van der Waals surface area contributed by atoms with Gasteiger partial charge in [-0.3, -0.25) is 0 Å². The van der Waals surface area contributed by atoms with Gasteiger partial charge >= 0.3 is 10.7 Å². The molecule has 0 spiro atoms. The number of halogens is 5. The zero-order valence-corrected chi connectivity index (χ0v) is 11.5. The van der Waals surface area contributed by atoms with E-state index in [0.29, 0.717) is 4.90 Å². The Morgan fingerprint density at radius 3 is 2.35 bits per heavy atom. The highest BCUT2D eigenvalue weighted by Crippen LogP contribution is 2.35. The van der Waals surface area contributed by atoms with E-state index in [9.17, 15) is 9.18 Å². The topological polar surface area (TPSA) is 32.3 Å². The van der Waals surface area contributed by atoms with Crippen LogP contribution in [0.25, 0.3) is 0 Å². The quantitative estimate of drug-likeness (QED) is 0.643. The predicted molar refractivity (Wildman–Crippen MR) is 68.9 cm³/mol. The van der Waals surface area contributed by atoms with Crippen molar-refractivity contribution in [3.8, 4) is 0 Å². The first-order valence-electron chi connectivity index (χ1n) is 4.31. The van der Waals surface area contributed by atoms with E-state index in [0.717, 1.165) is 0 Å². The first-order valence-corrected chi connectivity index (χ1v) is 5.82. The molecule has 0 fully saturated rings. The molecule has 1 aromatic rings. The van der Waals surface area contributed by atoms with Crippen molar-refractivity contribution in [3.63, 3.8) is 0 Å². The maximum Gasteiger partial charge on any atom is 0.344 e. The normalized spacial score (nSPS) is 11.2. The molecule has 0 atom stereocenters. The fourth-order valence-electron chi connectivity index (χ4n) is 1.11. The van der Waals surface area contributed by atoms with Crippen LogP contribution in [0.5, 0.6) is 0 Å². The van der Waals surface area contributed by atoms with Gasteiger partial charge in [-0.25, -0.2) is 9.69 Å². The van der Waals surface area contributed by atoms with Gasteiger partial charge in [-0.05, 0) is 41.4 Å². The number of hydrogen-bond donors (Lipinski definition) is 1. The van der Waals surface area contributed by atoms with Crippen LogP contribution in [0.1, 0.15) is 0 Å². The number of nitrogens with zero attached hydrogens (tertiary/aromatic N) is 1. The minimum Gasteiger partial charge on any atom is -0.341 e. The van der Waals surface area contributed by atoms with Crippen molar-refractivity contribution >= 4 is 58.1 Å². The minimum absolute atomic E-state index is 0.0752. The summed E-state index contributed by atoms with van der Waals surface area (Å²) in [6.07, 6.45) is 0. The molecule has 0 aromatic heterocycles. The second-order valence-electron chi connectivity index (χ2n) is 2.96. The second kappa shape index (κ2) is 5.48. The van der Waals surface area contributed by atoms with Crippen LogP contribution in [0, 0.1) is 0 Å². The van der Waals surface area contributed by atoms with Crippen molar-refractivity contribution in [2.24, 2.45) is 0 Å². The number of hydrogen-bond acceptors (Lipinski definition) is 1. The first-order chi connectivity index (χ1) is 7.77. The summed E-state index contributed by atoms with van der Waals surface area (Å²) in [5, 5.41) is 2.62. The minimum atomic E-state index is -2.91. The maximum absolute atomic E-state index is 13.5. The van der Waals surface area contributed by atoms with Gasteiger partial charge in [0.05, 0.1) is 15.7 Å². The molecule has 17 heavy (non-hydrogen) atoms. The molecule has 1 aromatic carbocycles. The Hall–Kier alpha value is -0.420. The number of amides is 2. The highest BCUT2D eigenvalue weighted by Gasteiger charge is 2.37. The van der Waals surface area contributed by atoms with Crippen LogP contribution in [0.2, 0.25) is 10.0 Å². The van der Waals surface area contributed by atoms with Gasteiger partial charge < -0.3 is 5.32 Å². The summed E-state index contributed by atoms with van der Waals surface area (Å²) >= 11 is 22.0. The summed E-state index contributed by atoms with van der Waals surface area (Å²) in [7, 11) is 1.31. The fourth-order valence-corrected chi connectivity index (χ4v) is 1.76. The lowest BCUT2D eigenvalue weighted by Crippen LogP contribution is -2.46. The van der Waals surface area contributed by atoms with E-state index < -0.39 is 10.7 Å². The fraction of sp³-hybridized carbons (Fsp3) is 0.222. The van der Waals surface area contributed by atoms with Crippen LogP contribution in [-0.2, 0) is 0 Å². The zero-order valence-electron chi connectivity index (χ0n) is 8.48. The number of benzene rings is 1. The molecule has 8 heteroatoms. The van der Waals surface area contributed by atoms with Crippen molar-refractivity contribution in [2.75, 3.05) is 11.9 Å². The Kier molecular flexibility index (Phi) is 4.72. The largest absolute Gasteiger partial charge is 0.344 e. The van der Waals surface area contributed by atoms with Gasteiger partial charge in [0.2, 0.25) is 0 Å². The third kappa shape index (κ3) is 3.52. The molecule has 1 N–H and O–H groups in total. The van der Waals surface area contributed by atoms with Crippen LogP contribution < -0.4 is 10.2 Å². The van der Waals surface area contributed by atoms with Gasteiger partial charge in [0, 0.05) is 7.05 Å². The molecule has 0 radical (unpaired) electrons. The average Bonchev–Trinajstić information content (AvgIpc) is 2.21. The van der Waals surface area contributed by atoms with Crippen molar-refractivity contribution in [2.45, 2.75) is 4.71 Å². The summed E-state index contributed by atoms with van der Waals surface area (Å²) in [5.41, 5.74) is 0.0752. The summed E-state index contributed by atoms with van der Waals surface area (Å²) in [5.74, 6) is 0. The molecule has 0 saturated carbocycles. The monoisotopic (exact) mass is 318 g/mol. The van der Waals surface area contributed by atoms with E-state index in [4.69, 9.17) is 46.4 Å². The van der Waals surface area contributed by atoms with Crippen LogP contribution in [-0.4, -0.2) is 17.8 Å². The summed E-state index contributed by atoms with van der Waals surface area (Å²) < 4.78 is 10.6. The average molecular weight is 320 g/mol. The standard InChI is InChI=1S/C9H7Cl4FN2O/c1-15-8(17)16(9(12,13)14)5-2-3-6(10)7(11)4-5/h2-4H,1H3,(H,15,17). The number of alkyl halides is 3. The van der Waals surface area contributed by atoms with E-state index in [1.807, 2.05) is 0 Å². The van der Waals surface area contributed by atoms with Gasteiger partial charge in [-0.15, -0.1) is 0 Å². The van der Waals surface area contributed by atoms with E-state index in [-0.39, 0.29) is 15.7 Å². The Balaban J connectivity index is 3.23. The number of anilines is 1. The van der Waals surface area contributed by atoms with Crippen molar-refractivity contribution < 1.29 is 9.18 Å². The van der Waals surface area contributed by atoms with E-state index >= 15 is 0 Å². The maximum atomic E-state index is 13.5. The lowest BCUT2D eigenvalue weighted by molar-refractivity contribution is 0.239. The molecule has 0 saturated heterocycles. The SMILES string of the molecule is CNC(=O)N(c1ccc(Cl)c(Cl)c1)C(F)(Cl)Cl. The molecule has 0 aliphatic carbocycles. The molecule has 0 heterocycles. The lowest BCUT2D eigenvalue weighted by atomic mass is 10.3. The van der Waals surface area contributed by atoms with Gasteiger partial charge in [0.1, 0.15) is 0 Å². The molecule has 0 unspecified atom stereocenters. The van der Waals surface area contributed by atoms with Crippen molar-refractivity contribution in [1.29, 1.82) is 0 Å². The van der Waals surface area contributed by atoms with Crippen LogP contribution in [0.15, 0.2) is 18.2 Å². The zero-order chi connectivity index (χ0) is 13.2. The van der Waals surface area contributed by atoms with Crippen LogP contribution >= 0.6 is 46.4 Å². The van der Waals surface area contributed by atoms with E-state index in [2.05, 4.69) is 5.32 Å². The van der Waals surface area contributed by atoms with Gasteiger partial charge in [-0.1, -0.05) is 23.2 Å². The third-order valence-corrected chi connectivity index (χ3v) is 2.91. The Bertz CT molecular complexity index is 435. The molecule has 0 aliphatic heterocycles. The summed E-state index contributed by atoms with van der Waals surface area (Å²) in [6.45, 7) is 0. The van der Waals surface area contributed by atoms with E-state index in [1.54, 1.807) is 0 Å². The van der Waals surface area contributed by atoms with Crippen LogP contribution in [0.4, 0.5) is 14.9 Å². The smallest absolute Gasteiger partial charge is 0.341 e. The van der Waals surface area contributed by atoms with Crippen molar-refractivity contribution in [3.05, 3.63) is 28.2 Å². The van der Waals surface area contributed by atoms with Gasteiger partial charge in [-0.2, -0.15) is 4.39 Å². The Labute approximate surface area is 117 Å². The number of carbonyl (C=O) groups excluding carboxylic acids is 1. The Morgan fingerprint density at radius 1 is 1.35 bits per heavy atom. The molecule has 0 bridgehead atoms. The number of carbonyl (C=O) groups is 1. The molecular weight excluding hydrogens is 313 g/mol. The predicted octanol–water partition coefficient (Wildman–Crippen LogP) is 4.20. The van der Waals surface area contributed by atoms with Gasteiger partial charge in [0.25, 0.3) is 0 Å². The first kappa shape index (κ1) is 14.6. The van der Waals surface area contributed by atoms with Gasteiger partial charge in [0.15, 0.2) is 0 Å². The highest BCUT2D eigenvalue weighted by atomic mass is 35.5. The second-order valence-corrected chi connectivity index (χ2v) is 4.97. The number of nitrogens with one attached hydrogen (secondary N) is 1. The molecule has 0 aliphatic rings. The summed E-state index contributed by atoms with van der Waals surface area (Å²) in [6, 6.07) is 3.21. The molecular formula is C9H7Cl4FN2O. The summed E-state index contributed by atoms with van der Waals surface area (Å²) in [4.78, 5) is 12.0. The third-order valence-electron chi connectivity index (χ3n) is 1.83. The Morgan fingerprint density at radius 2 is 1.94 bits per heavy atom. The molecule has 3 nitrogen and oxygen atoms in total. The molecule has 1 rings (SSSR count). The van der Waals surface area contributed by atoms with E-state index in [1.165, 1.54) is 25.2 Å². The number of rotatable bonds is 2. The van der Waals surface area contributed by atoms with Crippen molar-refractivity contribution in [1.82, 2.24) is 5.32 Å². The lowest BCUT2D eigenvalue weighted by Gasteiger charge is -2.27. The molecule has 2 amide bonds. The highest BCUT2D eigenvalue weighted by molar-refractivity contribution is 6.50.